The summed E-state index contributed by atoms with van der Waals surface area (Å²) in [6, 6.07) is 0. The molecule has 0 saturated heterocycles. The van der Waals surface area contributed by atoms with Crippen molar-refractivity contribution in [3.8, 4) is 0 Å². The van der Waals surface area contributed by atoms with Gasteiger partial charge in [-0.1, -0.05) is 13.8 Å². The molecular weight excluding hydrogens is 212 g/mol. The molecular formula is C10H22N2O2S. The minimum Gasteiger partial charge on any atom is -0.382 e. The topological polar surface area (TPSA) is 42.5 Å². The molecule has 90 valence electrons. The average molecular weight is 234 g/mol. The number of rotatable bonds is 7. The molecule has 1 atom stereocenters. The van der Waals surface area contributed by atoms with E-state index in [4.69, 9.17) is 21.7 Å². The second-order valence-electron chi connectivity index (χ2n) is 3.80. The molecule has 0 spiro atoms. The fraction of sp³-hybridized carbons (Fsp3) is 0.900. The number of nitrogens with one attached hydrogen (secondary N) is 2. The predicted octanol–water partition coefficient (Wildman–Crippen LogP) is 0.768. The van der Waals surface area contributed by atoms with E-state index in [-0.39, 0.29) is 6.10 Å². The van der Waals surface area contributed by atoms with Crippen LogP contribution in [0.3, 0.4) is 0 Å². The summed E-state index contributed by atoms with van der Waals surface area (Å²) in [5, 5.41) is 6.89. The Labute approximate surface area is 97.7 Å². The van der Waals surface area contributed by atoms with Crippen molar-refractivity contribution in [2.45, 2.75) is 20.0 Å². The molecule has 15 heavy (non-hydrogen) atoms. The Morgan fingerprint density at radius 3 is 2.27 bits per heavy atom. The Kier molecular flexibility index (Phi) is 8.65. The molecule has 0 aliphatic rings. The molecule has 0 rings (SSSR count). The molecule has 4 nitrogen and oxygen atoms in total. The van der Waals surface area contributed by atoms with E-state index in [0.29, 0.717) is 24.2 Å². The van der Waals surface area contributed by atoms with Crippen molar-refractivity contribution in [2.24, 2.45) is 5.92 Å². The summed E-state index contributed by atoms with van der Waals surface area (Å²) in [5.74, 6) is 0.585. The van der Waals surface area contributed by atoms with Gasteiger partial charge in [0.05, 0.1) is 12.7 Å². The van der Waals surface area contributed by atoms with Crippen molar-refractivity contribution < 1.29 is 9.47 Å². The van der Waals surface area contributed by atoms with Crippen molar-refractivity contribution in [2.75, 3.05) is 33.9 Å². The molecule has 0 fully saturated rings. The predicted molar refractivity (Wildman–Crippen MR) is 66.1 cm³/mol. The molecule has 1 unspecified atom stereocenters. The van der Waals surface area contributed by atoms with Crippen LogP contribution in [0.25, 0.3) is 0 Å². The Balaban J connectivity index is 3.59. The molecule has 0 radical (unpaired) electrons. The van der Waals surface area contributed by atoms with Gasteiger partial charge in [0, 0.05) is 27.3 Å². The summed E-state index contributed by atoms with van der Waals surface area (Å²) in [7, 11) is 3.32. The van der Waals surface area contributed by atoms with Gasteiger partial charge < -0.3 is 20.1 Å². The first-order valence-corrected chi connectivity index (χ1v) is 5.54. The third-order valence-electron chi connectivity index (χ3n) is 1.85. The first kappa shape index (κ1) is 14.6. The largest absolute Gasteiger partial charge is 0.382 e. The minimum atomic E-state index is 0.0359. The first-order chi connectivity index (χ1) is 7.10. The summed E-state index contributed by atoms with van der Waals surface area (Å²) in [6.45, 7) is 6.38. The summed E-state index contributed by atoms with van der Waals surface area (Å²) in [6.07, 6.45) is 0.0359. The SMILES string of the molecule is COCC(CNC(=S)NCC(C)C)OC. The van der Waals surface area contributed by atoms with Crippen LogP contribution in [0.2, 0.25) is 0 Å². The first-order valence-electron chi connectivity index (χ1n) is 5.13. The van der Waals surface area contributed by atoms with E-state index in [1.54, 1.807) is 14.2 Å². The van der Waals surface area contributed by atoms with Gasteiger partial charge in [0.25, 0.3) is 0 Å². The van der Waals surface area contributed by atoms with Gasteiger partial charge in [-0.3, -0.25) is 0 Å². The summed E-state index contributed by atoms with van der Waals surface area (Å²) in [4.78, 5) is 0. The number of hydrogen-bond acceptors (Lipinski definition) is 3. The number of ether oxygens (including phenoxy) is 2. The van der Waals surface area contributed by atoms with Crippen molar-refractivity contribution in [1.29, 1.82) is 0 Å². The third kappa shape index (κ3) is 8.59. The normalized spacial score (nSPS) is 12.6. The smallest absolute Gasteiger partial charge is 0.166 e. The molecule has 0 bridgehead atoms. The lowest BCUT2D eigenvalue weighted by atomic mass is 10.2. The van der Waals surface area contributed by atoms with Crippen molar-refractivity contribution in [3.05, 3.63) is 0 Å². The Morgan fingerprint density at radius 1 is 1.20 bits per heavy atom. The van der Waals surface area contributed by atoms with Crippen molar-refractivity contribution >= 4 is 17.3 Å². The molecule has 0 aliphatic heterocycles. The molecule has 0 amide bonds. The Morgan fingerprint density at radius 2 is 1.80 bits per heavy atom. The Hall–Kier alpha value is -0.390. The molecule has 2 N–H and O–H groups in total. The van der Waals surface area contributed by atoms with Gasteiger partial charge in [-0.2, -0.15) is 0 Å². The zero-order valence-corrected chi connectivity index (χ0v) is 10.8. The lowest BCUT2D eigenvalue weighted by Crippen LogP contribution is -2.42. The zero-order chi connectivity index (χ0) is 11.7. The fourth-order valence-electron chi connectivity index (χ4n) is 0.962. The van der Waals surface area contributed by atoms with Crippen LogP contribution in [0.15, 0.2) is 0 Å². The van der Waals surface area contributed by atoms with Gasteiger partial charge in [-0.25, -0.2) is 0 Å². The lowest BCUT2D eigenvalue weighted by Gasteiger charge is -2.17. The van der Waals surface area contributed by atoms with Crippen LogP contribution in [0, 0.1) is 5.92 Å². The highest BCUT2D eigenvalue weighted by Crippen LogP contribution is 1.89. The molecule has 0 saturated carbocycles. The second kappa shape index (κ2) is 8.88. The van der Waals surface area contributed by atoms with Gasteiger partial charge in [0.15, 0.2) is 5.11 Å². The van der Waals surface area contributed by atoms with Crippen molar-refractivity contribution in [1.82, 2.24) is 10.6 Å². The van der Waals surface area contributed by atoms with Crippen LogP contribution in [0.1, 0.15) is 13.8 Å². The maximum atomic E-state index is 5.19. The van der Waals surface area contributed by atoms with Crippen LogP contribution in [0.5, 0.6) is 0 Å². The fourth-order valence-corrected chi connectivity index (χ4v) is 1.13. The summed E-state index contributed by atoms with van der Waals surface area (Å²) < 4.78 is 10.2. The van der Waals surface area contributed by atoms with Crippen LogP contribution in [-0.4, -0.2) is 45.1 Å². The van der Waals surface area contributed by atoms with Crippen molar-refractivity contribution in [3.63, 3.8) is 0 Å². The Bertz CT molecular complexity index is 177. The van der Waals surface area contributed by atoms with E-state index < -0.39 is 0 Å². The molecule has 0 aromatic carbocycles. The highest BCUT2D eigenvalue weighted by molar-refractivity contribution is 7.80. The number of thiocarbonyl (C=S) groups is 1. The third-order valence-corrected chi connectivity index (χ3v) is 2.14. The molecule has 0 aliphatic carbocycles. The molecule has 0 heterocycles. The van der Waals surface area contributed by atoms with Gasteiger partial charge in [-0.15, -0.1) is 0 Å². The second-order valence-corrected chi connectivity index (χ2v) is 4.21. The van der Waals surface area contributed by atoms with E-state index >= 15 is 0 Å². The van der Waals surface area contributed by atoms with Gasteiger partial charge in [-0.05, 0) is 18.1 Å². The molecule has 0 aromatic heterocycles. The highest BCUT2D eigenvalue weighted by atomic mass is 32.1. The van der Waals surface area contributed by atoms with E-state index in [0.717, 1.165) is 6.54 Å². The minimum absolute atomic E-state index is 0.0359. The maximum absolute atomic E-state index is 5.19. The maximum Gasteiger partial charge on any atom is 0.166 e. The van der Waals surface area contributed by atoms with E-state index in [2.05, 4.69) is 24.5 Å². The zero-order valence-electron chi connectivity index (χ0n) is 10.0. The van der Waals surface area contributed by atoms with Gasteiger partial charge >= 0.3 is 0 Å². The number of methoxy groups -OCH3 is 2. The summed E-state index contributed by atoms with van der Waals surface area (Å²) >= 11 is 5.10. The van der Waals surface area contributed by atoms with Crippen LogP contribution >= 0.6 is 12.2 Å². The molecule has 5 heteroatoms. The van der Waals surface area contributed by atoms with E-state index in [1.807, 2.05) is 0 Å². The van der Waals surface area contributed by atoms with Gasteiger partial charge in [0.2, 0.25) is 0 Å². The average Bonchev–Trinajstić information content (AvgIpc) is 2.21. The van der Waals surface area contributed by atoms with E-state index in [9.17, 15) is 0 Å². The monoisotopic (exact) mass is 234 g/mol. The van der Waals surface area contributed by atoms with Gasteiger partial charge in [0.1, 0.15) is 0 Å². The standard InChI is InChI=1S/C10H22N2O2S/c1-8(2)5-11-10(15)12-6-9(14-4)7-13-3/h8-9H,5-7H2,1-4H3,(H2,11,12,15). The number of hydrogen-bond donors (Lipinski definition) is 2. The molecule has 0 aromatic rings. The highest BCUT2D eigenvalue weighted by Gasteiger charge is 2.06. The quantitative estimate of drug-likeness (QED) is 0.637. The van der Waals surface area contributed by atoms with Crippen LogP contribution < -0.4 is 10.6 Å². The van der Waals surface area contributed by atoms with E-state index in [1.165, 1.54) is 0 Å². The lowest BCUT2D eigenvalue weighted by molar-refractivity contribution is 0.0315. The van der Waals surface area contributed by atoms with Crippen LogP contribution in [0.4, 0.5) is 0 Å². The summed E-state index contributed by atoms with van der Waals surface area (Å²) in [5.41, 5.74) is 0. The van der Waals surface area contributed by atoms with Crippen LogP contribution in [-0.2, 0) is 9.47 Å².